The minimum absolute atomic E-state index is 0.758. The predicted octanol–water partition coefficient (Wildman–Crippen LogP) is 2.98. The zero-order valence-corrected chi connectivity index (χ0v) is 12.7. The quantitative estimate of drug-likeness (QED) is 0.898. The van der Waals surface area contributed by atoms with Crippen molar-refractivity contribution < 1.29 is 0 Å². The maximum Gasteiger partial charge on any atom is 0.0798 e. The second-order valence-corrected chi connectivity index (χ2v) is 6.77. The molecule has 1 aliphatic heterocycles. The first-order valence-electron chi connectivity index (χ1n) is 7.75. The average molecular weight is 279 g/mol. The molecule has 106 valence electrons. The van der Waals surface area contributed by atoms with E-state index >= 15 is 0 Å². The molecular weight excluding hydrogens is 254 g/mol. The Morgan fingerprint density at radius 1 is 1.32 bits per heavy atom. The van der Waals surface area contributed by atoms with Gasteiger partial charge in [-0.25, -0.2) is 4.98 Å². The summed E-state index contributed by atoms with van der Waals surface area (Å²) in [5.41, 5.74) is 3.46. The molecule has 1 unspecified atom stereocenters. The fraction of sp³-hybridized carbons (Fsp3) is 0.800. The molecular formula is C15H25N3S. The third-order valence-electron chi connectivity index (χ3n) is 4.45. The van der Waals surface area contributed by atoms with Crippen molar-refractivity contribution in [2.75, 3.05) is 19.6 Å². The Kier molecular flexibility index (Phi) is 4.51. The highest BCUT2D eigenvalue weighted by atomic mass is 32.1. The van der Waals surface area contributed by atoms with Crippen molar-refractivity contribution in [2.45, 2.75) is 57.5 Å². The average Bonchev–Trinajstić information content (AvgIpc) is 3.22. The van der Waals surface area contributed by atoms with Gasteiger partial charge in [0.15, 0.2) is 0 Å². The number of hydrogen-bond donors (Lipinski definition) is 1. The van der Waals surface area contributed by atoms with Crippen molar-refractivity contribution in [3.05, 3.63) is 16.1 Å². The van der Waals surface area contributed by atoms with E-state index in [0.29, 0.717) is 0 Å². The van der Waals surface area contributed by atoms with E-state index in [2.05, 4.69) is 22.1 Å². The lowest BCUT2D eigenvalue weighted by molar-refractivity contribution is 0.183. The van der Waals surface area contributed by atoms with Gasteiger partial charge in [-0.05, 0) is 51.7 Å². The van der Waals surface area contributed by atoms with Crippen molar-refractivity contribution in [3.8, 4) is 0 Å². The summed E-state index contributed by atoms with van der Waals surface area (Å²) in [4.78, 5) is 8.81. The van der Waals surface area contributed by atoms with Gasteiger partial charge >= 0.3 is 0 Å². The van der Waals surface area contributed by atoms with E-state index in [1.165, 1.54) is 55.8 Å². The Hall–Kier alpha value is -0.450. The summed E-state index contributed by atoms with van der Waals surface area (Å²) in [6.07, 6.45) is 6.68. The lowest BCUT2D eigenvalue weighted by atomic mass is 10.1. The van der Waals surface area contributed by atoms with Gasteiger partial charge in [0, 0.05) is 23.4 Å². The van der Waals surface area contributed by atoms with E-state index in [9.17, 15) is 0 Å². The molecule has 1 saturated carbocycles. The fourth-order valence-corrected chi connectivity index (χ4v) is 4.01. The third kappa shape index (κ3) is 3.36. The van der Waals surface area contributed by atoms with E-state index in [-0.39, 0.29) is 0 Å². The van der Waals surface area contributed by atoms with Gasteiger partial charge in [0.1, 0.15) is 0 Å². The number of hydrogen-bond acceptors (Lipinski definition) is 4. The van der Waals surface area contributed by atoms with Crippen LogP contribution in [0, 0.1) is 0 Å². The first kappa shape index (κ1) is 13.5. The lowest BCUT2D eigenvalue weighted by Gasteiger charge is -2.29. The minimum atomic E-state index is 0.758. The van der Waals surface area contributed by atoms with Crippen LogP contribution in [0.1, 0.15) is 55.5 Å². The molecule has 1 saturated heterocycles. The summed E-state index contributed by atoms with van der Waals surface area (Å²) in [6.45, 7) is 6.96. The number of nitrogens with one attached hydrogen (secondary N) is 1. The normalized spacial score (nSPS) is 24.6. The van der Waals surface area contributed by atoms with Gasteiger partial charge in [-0.15, -0.1) is 11.3 Å². The van der Waals surface area contributed by atoms with Gasteiger partial charge in [-0.1, -0.05) is 6.92 Å². The predicted molar refractivity (Wildman–Crippen MR) is 80.7 cm³/mol. The number of thiazole rings is 1. The summed E-state index contributed by atoms with van der Waals surface area (Å²) in [5.74, 6) is 0.788. The highest BCUT2D eigenvalue weighted by Crippen LogP contribution is 2.42. The second-order valence-electron chi connectivity index (χ2n) is 5.83. The van der Waals surface area contributed by atoms with Crippen LogP contribution < -0.4 is 5.32 Å². The zero-order valence-electron chi connectivity index (χ0n) is 11.9. The standard InChI is InChI=1S/C15H25N3S/c1-2-18(13-4-3-8-16-9-7-13)10-14-15(12-5-6-12)17-11-19-14/h11-13,16H,2-10H2,1H3. The van der Waals surface area contributed by atoms with Crippen LogP contribution in [0.15, 0.2) is 5.51 Å². The molecule has 1 N–H and O–H groups in total. The van der Waals surface area contributed by atoms with E-state index in [1.807, 2.05) is 16.8 Å². The highest BCUT2D eigenvalue weighted by molar-refractivity contribution is 7.09. The summed E-state index contributed by atoms with van der Waals surface area (Å²) in [5, 5.41) is 3.52. The fourth-order valence-electron chi connectivity index (χ4n) is 3.14. The van der Waals surface area contributed by atoms with Crippen molar-refractivity contribution in [2.24, 2.45) is 0 Å². The van der Waals surface area contributed by atoms with Crippen LogP contribution in [0.2, 0.25) is 0 Å². The molecule has 0 amide bonds. The molecule has 1 aliphatic carbocycles. The van der Waals surface area contributed by atoms with Gasteiger partial charge in [0.25, 0.3) is 0 Å². The second kappa shape index (κ2) is 6.33. The van der Waals surface area contributed by atoms with Crippen LogP contribution in [0.25, 0.3) is 0 Å². The molecule has 1 aromatic rings. The monoisotopic (exact) mass is 279 g/mol. The van der Waals surface area contributed by atoms with Crippen molar-refractivity contribution in [1.29, 1.82) is 0 Å². The zero-order chi connectivity index (χ0) is 13.1. The summed E-state index contributed by atoms with van der Waals surface area (Å²) in [7, 11) is 0. The first-order valence-corrected chi connectivity index (χ1v) is 8.63. The van der Waals surface area contributed by atoms with E-state index in [0.717, 1.165) is 25.0 Å². The lowest BCUT2D eigenvalue weighted by Crippen LogP contribution is -2.35. The highest BCUT2D eigenvalue weighted by Gasteiger charge is 2.29. The molecule has 0 radical (unpaired) electrons. The van der Waals surface area contributed by atoms with Crippen LogP contribution in [0.3, 0.4) is 0 Å². The van der Waals surface area contributed by atoms with Crippen molar-refractivity contribution >= 4 is 11.3 Å². The molecule has 0 aromatic carbocycles. The van der Waals surface area contributed by atoms with E-state index in [4.69, 9.17) is 0 Å². The Morgan fingerprint density at radius 2 is 2.21 bits per heavy atom. The number of nitrogens with zero attached hydrogens (tertiary/aromatic N) is 2. The Bertz CT molecular complexity index is 392. The first-order chi connectivity index (χ1) is 9.38. The van der Waals surface area contributed by atoms with Crippen molar-refractivity contribution in [3.63, 3.8) is 0 Å². The molecule has 3 nitrogen and oxygen atoms in total. The molecule has 1 aromatic heterocycles. The molecule has 1 atom stereocenters. The molecule has 19 heavy (non-hydrogen) atoms. The van der Waals surface area contributed by atoms with Gasteiger partial charge in [-0.3, -0.25) is 4.90 Å². The smallest absolute Gasteiger partial charge is 0.0798 e. The Balaban J connectivity index is 1.66. The molecule has 2 heterocycles. The minimum Gasteiger partial charge on any atom is -0.317 e. The molecule has 3 rings (SSSR count). The van der Waals surface area contributed by atoms with Gasteiger partial charge in [0.2, 0.25) is 0 Å². The van der Waals surface area contributed by atoms with Crippen LogP contribution in [0.5, 0.6) is 0 Å². The van der Waals surface area contributed by atoms with Crippen molar-refractivity contribution in [1.82, 2.24) is 15.2 Å². The Morgan fingerprint density at radius 3 is 3.00 bits per heavy atom. The molecule has 2 aliphatic rings. The summed E-state index contributed by atoms with van der Waals surface area (Å²) >= 11 is 1.86. The van der Waals surface area contributed by atoms with Gasteiger partial charge in [-0.2, -0.15) is 0 Å². The van der Waals surface area contributed by atoms with Crippen LogP contribution in [0.4, 0.5) is 0 Å². The van der Waals surface area contributed by atoms with Gasteiger partial charge in [0.05, 0.1) is 11.2 Å². The van der Waals surface area contributed by atoms with E-state index < -0.39 is 0 Å². The Labute approximate surface area is 120 Å². The molecule has 0 spiro atoms. The van der Waals surface area contributed by atoms with Crippen LogP contribution >= 0.6 is 11.3 Å². The molecule has 4 heteroatoms. The topological polar surface area (TPSA) is 28.2 Å². The number of rotatable bonds is 5. The maximum atomic E-state index is 4.61. The summed E-state index contributed by atoms with van der Waals surface area (Å²) < 4.78 is 0. The van der Waals surface area contributed by atoms with Gasteiger partial charge < -0.3 is 5.32 Å². The largest absolute Gasteiger partial charge is 0.317 e. The van der Waals surface area contributed by atoms with Crippen LogP contribution in [-0.4, -0.2) is 35.6 Å². The molecule has 2 fully saturated rings. The van der Waals surface area contributed by atoms with E-state index in [1.54, 1.807) is 0 Å². The molecule has 0 bridgehead atoms. The number of aromatic nitrogens is 1. The summed E-state index contributed by atoms with van der Waals surface area (Å²) in [6, 6.07) is 0.758. The van der Waals surface area contributed by atoms with Crippen LogP contribution in [-0.2, 0) is 6.54 Å². The maximum absolute atomic E-state index is 4.61. The SMILES string of the molecule is CCN(Cc1scnc1C1CC1)C1CCCNCC1. The third-order valence-corrected chi connectivity index (χ3v) is 5.28.